The van der Waals surface area contributed by atoms with E-state index in [1.54, 1.807) is 0 Å². The van der Waals surface area contributed by atoms with Crippen LogP contribution in [0.3, 0.4) is 0 Å². The molecule has 19 heavy (non-hydrogen) atoms. The molecule has 2 aromatic rings. The maximum absolute atomic E-state index is 12.1. The molecule has 0 radical (unpaired) electrons. The second kappa shape index (κ2) is 5.83. The van der Waals surface area contributed by atoms with E-state index in [2.05, 4.69) is 38.1 Å². The number of hydrogen-bond acceptors (Lipinski definition) is 1. The highest BCUT2D eigenvalue weighted by atomic mass is 16.1. The number of carbonyl (C=O) groups excluding carboxylic acids is 1. The fourth-order valence-electron chi connectivity index (χ4n) is 2.07. The maximum Gasteiger partial charge on any atom is 0.163 e. The largest absolute Gasteiger partial charge is 0.294 e. The summed E-state index contributed by atoms with van der Waals surface area (Å²) in [5, 5.41) is 0. The van der Waals surface area contributed by atoms with E-state index in [1.807, 2.05) is 25.1 Å². The van der Waals surface area contributed by atoms with Crippen molar-refractivity contribution >= 4 is 5.78 Å². The van der Waals surface area contributed by atoms with Crippen molar-refractivity contribution in [1.82, 2.24) is 0 Å². The molecule has 0 amide bonds. The summed E-state index contributed by atoms with van der Waals surface area (Å²) in [6.45, 7) is 6.19. The molecule has 0 unspecified atom stereocenters. The first-order valence-electron chi connectivity index (χ1n) is 6.72. The highest BCUT2D eigenvalue weighted by Gasteiger charge is 2.07. The summed E-state index contributed by atoms with van der Waals surface area (Å²) in [5.41, 5.74) is 5.72. The zero-order chi connectivity index (χ0) is 13.8. The van der Waals surface area contributed by atoms with Gasteiger partial charge in [-0.15, -0.1) is 0 Å². The van der Waals surface area contributed by atoms with Gasteiger partial charge in [0.05, 0.1) is 0 Å². The molecule has 1 heteroatoms. The highest BCUT2D eigenvalue weighted by molar-refractivity contribution is 5.96. The number of aryl methyl sites for hydroxylation is 4. The second-order valence-electron chi connectivity index (χ2n) is 5.21. The van der Waals surface area contributed by atoms with Gasteiger partial charge >= 0.3 is 0 Å². The first kappa shape index (κ1) is 13.5. The Morgan fingerprint density at radius 3 is 2.21 bits per heavy atom. The maximum atomic E-state index is 12.1. The molecule has 2 rings (SSSR count). The number of benzene rings is 2. The molecule has 0 heterocycles. The molecule has 1 nitrogen and oxygen atoms in total. The number of ketones is 1. The van der Waals surface area contributed by atoms with E-state index in [4.69, 9.17) is 0 Å². The zero-order valence-electron chi connectivity index (χ0n) is 11.9. The summed E-state index contributed by atoms with van der Waals surface area (Å²) >= 11 is 0. The normalized spacial score (nSPS) is 10.5. The van der Waals surface area contributed by atoms with Crippen molar-refractivity contribution in [1.29, 1.82) is 0 Å². The summed E-state index contributed by atoms with van der Waals surface area (Å²) in [4.78, 5) is 12.1. The molecule has 0 aliphatic carbocycles. The van der Waals surface area contributed by atoms with Crippen LogP contribution in [0.1, 0.15) is 39.0 Å². The Bertz CT molecular complexity index is 579. The van der Waals surface area contributed by atoms with Crippen LogP contribution in [0.4, 0.5) is 0 Å². The minimum Gasteiger partial charge on any atom is -0.294 e. The molecule has 0 fully saturated rings. The van der Waals surface area contributed by atoms with Crippen molar-refractivity contribution in [2.45, 2.75) is 33.6 Å². The monoisotopic (exact) mass is 252 g/mol. The van der Waals surface area contributed by atoms with Crippen molar-refractivity contribution in [3.63, 3.8) is 0 Å². The molecule has 0 saturated heterocycles. The minimum atomic E-state index is 0.226. The number of Topliss-reactive ketones (excluding diaryl/α,β-unsaturated/α-hetero) is 1. The average Bonchev–Trinajstić information content (AvgIpc) is 2.41. The van der Waals surface area contributed by atoms with Gasteiger partial charge in [0, 0.05) is 12.0 Å². The molecular weight excluding hydrogens is 232 g/mol. The second-order valence-corrected chi connectivity index (χ2v) is 5.21. The Kier molecular flexibility index (Phi) is 4.16. The zero-order valence-corrected chi connectivity index (χ0v) is 11.9. The minimum absolute atomic E-state index is 0.226. The van der Waals surface area contributed by atoms with Crippen molar-refractivity contribution < 1.29 is 4.79 Å². The third-order valence-electron chi connectivity index (χ3n) is 3.59. The SMILES string of the molecule is Cc1ccc(CCC(=O)c2ccc(C)c(C)c2)cc1. The van der Waals surface area contributed by atoms with Gasteiger partial charge in [-0.3, -0.25) is 4.79 Å². The van der Waals surface area contributed by atoms with E-state index in [9.17, 15) is 4.79 Å². The molecule has 0 saturated carbocycles. The molecular formula is C18H20O. The molecule has 0 aliphatic heterocycles. The van der Waals surface area contributed by atoms with Gasteiger partial charge < -0.3 is 0 Å². The quantitative estimate of drug-likeness (QED) is 0.736. The summed E-state index contributed by atoms with van der Waals surface area (Å²) in [6.07, 6.45) is 1.39. The predicted octanol–water partition coefficient (Wildman–Crippen LogP) is 4.43. The topological polar surface area (TPSA) is 17.1 Å². The van der Waals surface area contributed by atoms with E-state index < -0.39 is 0 Å². The van der Waals surface area contributed by atoms with Crippen LogP contribution in [0, 0.1) is 20.8 Å². The Balaban J connectivity index is 2.01. The third-order valence-corrected chi connectivity index (χ3v) is 3.59. The summed E-state index contributed by atoms with van der Waals surface area (Å²) in [7, 11) is 0. The third kappa shape index (κ3) is 3.54. The fourth-order valence-corrected chi connectivity index (χ4v) is 2.07. The van der Waals surface area contributed by atoms with Crippen LogP contribution in [0.2, 0.25) is 0 Å². The average molecular weight is 252 g/mol. The number of hydrogen-bond donors (Lipinski definition) is 0. The van der Waals surface area contributed by atoms with Gasteiger partial charge in [0.2, 0.25) is 0 Å². The van der Waals surface area contributed by atoms with Crippen LogP contribution >= 0.6 is 0 Å². The van der Waals surface area contributed by atoms with Crippen LogP contribution < -0.4 is 0 Å². The molecule has 0 atom stereocenters. The lowest BCUT2D eigenvalue weighted by molar-refractivity contribution is 0.0983. The van der Waals surface area contributed by atoms with Crippen LogP contribution in [-0.2, 0) is 6.42 Å². The fraction of sp³-hybridized carbons (Fsp3) is 0.278. The van der Waals surface area contributed by atoms with Gasteiger partial charge in [-0.25, -0.2) is 0 Å². The van der Waals surface area contributed by atoms with Crippen molar-refractivity contribution in [2.24, 2.45) is 0 Å². The molecule has 0 bridgehead atoms. The van der Waals surface area contributed by atoms with Gasteiger partial charge in [-0.2, -0.15) is 0 Å². The van der Waals surface area contributed by atoms with E-state index in [1.165, 1.54) is 22.3 Å². The van der Waals surface area contributed by atoms with E-state index in [0.29, 0.717) is 6.42 Å². The number of carbonyl (C=O) groups is 1. The van der Waals surface area contributed by atoms with Crippen LogP contribution in [-0.4, -0.2) is 5.78 Å². The van der Waals surface area contributed by atoms with Crippen molar-refractivity contribution in [3.8, 4) is 0 Å². The lowest BCUT2D eigenvalue weighted by Gasteiger charge is -2.05. The molecule has 2 aromatic carbocycles. The van der Waals surface area contributed by atoms with Crippen LogP contribution in [0.15, 0.2) is 42.5 Å². The predicted molar refractivity (Wildman–Crippen MR) is 79.7 cm³/mol. The lowest BCUT2D eigenvalue weighted by atomic mass is 9.99. The molecule has 0 spiro atoms. The van der Waals surface area contributed by atoms with Gasteiger partial charge in [0.25, 0.3) is 0 Å². The van der Waals surface area contributed by atoms with Crippen molar-refractivity contribution in [3.05, 3.63) is 70.3 Å². The molecule has 0 aromatic heterocycles. The van der Waals surface area contributed by atoms with Gasteiger partial charge in [0.1, 0.15) is 0 Å². The lowest BCUT2D eigenvalue weighted by Crippen LogP contribution is -2.02. The van der Waals surface area contributed by atoms with Crippen molar-refractivity contribution in [2.75, 3.05) is 0 Å². The van der Waals surface area contributed by atoms with Crippen LogP contribution in [0.25, 0.3) is 0 Å². The molecule has 0 N–H and O–H groups in total. The Morgan fingerprint density at radius 2 is 1.58 bits per heavy atom. The summed E-state index contributed by atoms with van der Waals surface area (Å²) in [5.74, 6) is 0.226. The number of rotatable bonds is 4. The van der Waals surface area contributed by atoms with Gasteiger partial charge in [0.15, 0.2) is 5.78 Å². The Labute approximate surface area is 115 Å². The van der Waals surface area contributed by atoms with Gasteiger partial charge in [-0.1, -0.05) is 42.0 Å². The molecule has 0 aliphatic rings. The summed E-state index contributed by atoms with van der Waals surface area (Å²) in [6, 6.07) is 14.3. The Morgan fingerprint density at radius 1 is 0.895 bits per heavy atom. The Hall–Kier alpha value is -1.89. The van der Waals surface area contributed by atoms with E-state index in [0.717, 1.165) is 12.0 Å². The van der Waals surface area contributed by atoms with E-state index in [-0.39, 0.29) is 5.78 Å². The molecule has 98 valence electrons. The summed E-state index contributed by atoms with van der Waals surface area (Å²) < 4.78 is 0. The van der Waals surface area contributed by atoms with Crippen LogP contribution in [0.5, 0.6) is 0 Å². The standard InChI is InChI=1S/C18H20O/c1-13-4-7-16(8-5-13)9-11-18(19)17-10-6-14(2)15(3)12-17/h4-8,10,12H,9,11H2,1-3H3. The van der Waals surface area contributed by atoms with Gasteiger partial charge in [-0.05, 0) is 49.9 Å². The highest BCUT2D eigenvalue weighted by Crippen LogP contribution is 2.13. The first-order chi connectivity index (χ1) is 9.06. The smallest absolute Gasteiger partial charge is 0.163 e. The first-order valence-corrected chi connectivity index (χ1v) is 6.72. The van der Waals surface area contributed by atoms with E-state index >= 15 is 0 Å².